The molecule has 0 saturated heterocycles. The van der Waals surface area contributed by atoms with Crippen molar-refractivity contribution < 1.29 is 19.8 Å². The van der Waals surface area contributed by atoms with Crippen LogP contribution in [0.5, 0.6) is 0 Å². The van der Waals surface area contributed by atoms with Crippen molar-refractivity contribution in [1.29, 1.82) is 0 Å². The summed E-state index contributed by atoms with van der Waals surface area (Å²) in [6.45, 7) is 4.51. The monoisotopic (exact) mass is 558 g/mol. The van der Waals surface area contributed by atoms with Gasteiger partial charge in [-0.25, -0.2) is 9.59 Å². The second kappa shape index (κ2) is 24.9. The molecule has 0 spiro atoms. The molecule has 4 nitrogen and oxygen atoms in total. The molecule has 0 heterocycles. The average Bonchev–Trinajstić information content (AvgIpc) is 2.94. The lowest BCUT2D eigenvalue weighted by Gasteiger charge is -2.20. The lowest BCUT2D eigenvalue weighted by molar-refractivity contribution is 0.0650. The van der Waals surface area contributed by atoms with E-state index in [2.05, 4.69) is 13.8 Å². The molecule has 0 amide bonds. The van der Waals surface area contributed by atoms with Crippen molar-refractivity contribution in [3.05, 3.63) is 34.9 Å². The molecule has 230 valence electrons. The minimum Gasteiger partial charge on any atom is -0.478 e. The predicted octanol–water partition coefficient (Wildman–Crippen LogP) is 12.0. The molecular weight excluding hydrogens is 496 g/mol. The summed E-state index contributed by atoms with van der Waals surface area (Å²) in [5, 5.41) is 19.5. The predicted molar refractivity (Wildman–Crippen MR) is 170 cm³/mol. The van der Waals surface area contributed by atoms with Gasteiger partial charge in [0.1, 0.15) is 0 Å². The molecule has 1 aromatic rings. The molecule has 0 aliphatic heterocycles. The molecule has 1 aromatic carbocycles. The molecule has 0 aliphatic rings. The highest BCUT2D eigenvalue weighted by Crippen LogP contribution is 2.33. The van der Waals surface area contributed by atoms with E-state index >= 15 is 0 Å². The molecule has 0 aromatic heterocycles. The number of unbranched alkanes of at least 4 members (excludes halogenated alkanes) is 21. The van der Waals surface area contributed by atoms with Gasteiger partial charge in [0.05, 0.1) is 11.1 Å². The van der Waals surface area contributed by atoms with E-state index in [9.17, 15) is 19.8 Å². The van der Waals surface area contributed by atoms with Crippen LogP contribution in [0.25, 0.3) is 0 Å². The number of benzene rings is 1. The second-order valence-corrected chi connectivity index (χ2v) is 12.1. The summed E-state index contributed by atoms with van der Waals surface area (Å²) < 4.78 is 0. The van der Waals surface area contributed by atoms with Crippen LogP contribution in [0.2, 0.25) is 0 Å². The fourth-order valence-corrected chi connectivity index (χ4v) is 6.07. The molecule has 4 heteroatoms. The Morgan fingerprint density at radius 2 is 0.875 bits per heavy atom. The maximum atomic E-state index is 12.1. The molecule has 1 atom stereocenters. The molecule has 0 saturated carbocycles. The van der Waals surface area contributed by atoms with Gasteiger partial charge in [-0.15, -0.1) is 0 Å². The van der Waals surface area contributed by atoms with E-state index in [1.54, 1.807) is 6.07 Å². The van der Waals surface area contributed by atoms with E-state index in [1.165, 1.54) is 141 Å². The first kappa shape index (κ1) is 36.2. The largest absolute Gasteiger partial charge is 0.478 e. The number of carboxylic acid groups (broad SMARTS) is 2. The summed E-state index contributed by atoms with van der Waals surface area (Å²) in [4.78, 5) is 23.9. The van der Waals surface area contributed by atoms with Crippen LogP contribution in [-0.4, -0.2) is 22.2 Å². The zero-order valence-corrected chi connectivity index (χ0v) is 26.2. The minimum atomic E-state index is -1.16. The Labute approximate surface area is 246 Å². The number of rotatable bonds is 28. The fraction of sp³-hybridized carbons (Fsp3) is 0.778. The van der Waals surface area contributed by atoms with E-state index in [-0.39, 0.29) is 17.0 Å². The summed E-state index contributed by atoms with van der Waals surface area (Å²) >= 11 is 0. The lowest BCUT2D eigenvalue weighted by Crippen LogP contribution is -2.14. The molecule has 0 radical (unpaired) electrons. The Kier molecular flexibility index (Phi) is 22.5. The highest BCUT2D eigenvalue weighted by molar-refractivity contribution is 6.02. The van der Waals surface area contributed by atoms with Crippen molar-refractivity contribution in [1.82, 2.24) is 0 Å². The number of hydrogen-bond donors (Lipinski definition) is 2. The minimum absolute atomic E-state index is 0.000486. The summed E-state index contributed by atoms with van der Waals surface area (Å²) in [5.74, 6) is -2.16. The van der Waals surface area contributed by atoms with Gasteiger partial charge in [-0.2, -0.15) is 0 Å². The Bertz CT molecular complexity index is 772. The topological polar surface area (TPSA) is 74.6 Å². The first-order chi connectivity index (χ1) is 19.5. The normalized spacial score (nSPS) is 12.1. The highest BCUT2D eigenvalue weighted by Gasteiger charge is 2.24. The molecule has 2 N–H and O–H groups in total. The fourth-order valence-electron chi connectivity index (χ4n) is 6.07. The molecule has 1 unspecified atom stereocenters. The van der Waals surface area contributed by atoms with Gasteiger partial charge in [0, 0.05) is 0 Å². The third-order valence-electron chi connectivity index (χ3n) is 8.54. The summed E-state index contributed by atoms with van der Waals surface area (Å²) in [7, 11) is 0. The summed E-state index contributed by atoms with van der Waals surface area (Å²) in [6, 6.07) is 5.01. The molecule has 40 heavy (non-hydrogen) atoms. The van der Waals surface area contributed by atoms with Gasteiger partial charge in [0.25, 0.3) is 0 Å². The standard InChI is InChI=1S/C36H62O4/c1-3-5-7-9-11-13-14-15-16-17-18-19-21-23-25-28-31(27-24-22-20-12-10-8-6-4-2)32-29-26-30-33(35(37)38)34(32)36(39)40/h26,29-31H,3-25,27-28H2,1-2H3,(H,37,38)(H,39,40). The first-order valence-electron chi connectivity index (χ1n) is 17.1. The number of carbonyl (C=O) groups is 2. The third kappa shape index (κ3) is 17.1. The van der Waals surface area contributed by atoms with Crippen molar-refractivity contribution >= 4 is 11.9 Å². The number of aromatic carboxylic acids is 2. The zero-order chi connectivity index (χ0) is 29.3. The Morgan fingerprint density at radius 3 is 1.20 bits per heavy atom. The van der Waals surface area contributed by atoms with Gasteiger partial charge in [-0.3, -0.25) is 0 Å². The average molecular weight is 559 g/mol. The first-order valence-corrected chi connectivity index (χ1v) is 17.1. The van der Waals surface area contributed by atoms with Crippen LogP contribution in [0.15, 0.2) is 18.2 Å². The van der Waals surface area contributed by atoms with Gasteiger partial charge in [0.15, 0.2) is 0 Å². The third-order valence-corrected chi connectivity index (χ3v) is 8.54. The van der Waals surface area contributed by atoms with Crippen LogP contribution < -0.4 is 0 Å². The van der Waals surface area contributed by atoms with Crippen LogP contribution in [0.1, 0.15) is 207 Å². The van der Waals surface area contributed by atoms with E-state index in [4.69, 9.17) is 0 Å². The van der Waals surface area contributed by atoms with Crippen molar-refractivity contribution in [2.75, 3.05) is 0 Å². The van der Waals surface area contributed by atoms with Gasteiger partial charge < -0.3 is 10.2 Å². The molecule has 1 rings (SSSR count). The number of hydrogen-bond acceptors (Lipinski definition) is 2. The number of carboxylic acids is 2. The van der Waals surface area contributed by atoms with Crippen LogP contribution in [0.4, 0.5) is 0 Å². The summed E-state index contributed by atoms with van der Waals surface area (Å²) in [5.41, 5.74) is 0.642. The summed E-state index contributed by atoms with van der Waals surface area (Å²) in [6.07, 6.45) is 31.8. The van der Waals surface area contributed by atoms with E-state index in [1.807, 2.05) is 6.07 Å². The van der Waals surface area contributed by atoms with Crippen LogP contribution >= 0.6 is 0 Å². The van der Waals surface area contributed by atoms with Crippen molar-refractivity contribution in [2.24, 2.45) is 0 Å². The van der Waals surface area contributed by atoms with Crippen LogP contribution in [0.3, 0.4) is 0 Å². The second-order valence-electron chi connectivity index (χ2n) is 12.1. The van der Waals surface area contributed by atoms with Gasteiger partial charge in [-0.05, 0) is 30.4 Å². The SMILES string of the molecule is CCCCCCCCCCCCCCCCCC(CCCCCCCCCC)c1cccc(C(=O)O)c1C(=O)O. The maximum absolute atomic E-state index is 12.1. The molecule has 0 bridgehead atoms. The quantitative estimate of drug-likeness (QED) is 0.100. The van der Waals surface area contributed by atoms with Gasteiger partial charge >= 0.3 is 11.9 Å². The van der Waals surface area contributed by atoms with E-state index < -0.39 is 11.9 Å². The van der Waals surface area contributed by atoms with Gasteiger partial charge in [-0.1, -0.05) is 174 Å². The Hall–Kier alpha value is -1.84. The highest BCUT2D eigenvalue weighted by atomic mass is 16.4. The van der Waals surface area contributed by atoms with Crippen LogP contribution in [0, 0.1) is 0 Å². The van der Waals surface area contributed by atoms with Crippen molar-refractivity contribution in [3.63, 3.8) is 0 Å². The van der Waals surface area contributed by atoms with Gasteiger partial charge in [0.2, 0.25) is 0 Å². The maximum Gasteiger partial charge on any atom is 0.336 e. The Balaban J connectivity index is 2.42. The zero-order valence-electron chi connectivity index (χ0n) is 26.2. The Morgan fingerprint density at radius 1 is 0.525 bits per heavy atom. The van der Waals surface area contributed by atoms with E-state index in [0.717, 1.165) is 31.2 Å². The van der Waals surface area contributed by atoms with Crippen molar-refractivity contribution in [2.45, 2.75) is 180 Å². The molecule has 0 fully saturated rings. The van der Waals surface area contributed by atoms with Crippen molar-refractivity contribution in [3.8, 4) is 0 Å². The van der Waals surface area contributed by atoms with E-state index in [0.29, 0.717) is 0 Å². The molecule has 0 aliphatic carbocycles. The lowest BCUT2D eigenvalue weighted by atomic mass is 9.84. The molecular formula is C36H62O4. The van der Waals surface area contributed by atoms with Crippen LogP contribution in [-0.2, 0) is 0 Å². The smallest absolute Gasteiger partial charge is 0.336 e.